The predicted molar refractivity (Wildman–Crippen MR) is 70.5 cm³/mol. The average molecular weight is 248 g/mol. The first-order valence-electron chi connectivity index (χ1n) is 6.79. The van der Waals surface area contributed by atoms with E-state index in [1.807, 2.05) is 30.3 Å². The van der Waals surface area contributed by atoms with Crippen LogP contribution in [0.5, 0.6) is 0 Å². The topological polar surface area (TPSA) is 30.7 Å². The van der Waals surface area contributed by atoms with E-state index in [0.717, 1.165) is 25.8 Å². The van der Waals surface area contributed by atoms with Crippen molar-refractivity contribution in [1.29, 1.82) is 0 Å². The van der Waals surface area contributed by atoms with Crippen LogP contribution in [0, 0.1) is 0 Å². The van der Waals surface area contributed by atoms with Crippen molar-refractivity contribution in [3.05, 3.63) is 35.9 Å². The third-order valence-electron chi connectivity index (χ3n) is 3.46. The highest BCUT2D eigenvalue weighted by Gasteiger charge is 2.23. The summed E-state index contributed by atoms with van der Waals surface area (Å²) >= 11 is 0. The quantitative estimate of drug-likeness (QED) is 0.801. The van der Waals surface area contributed by atoms with Gasteiger partial charge in [0.05, 0.1) is 13.6 Å². The highest BCUT2D eigenvalue weighted by atomic mass is 16.5. The van der Waals surface area contributed by atoms with E-state index in [1.54, 1.807) is 0 Å². The minimum absolute atomic E-state index is 0.0569. The van der Waals surface area contributed by atoms with Gasteiger partial charge in [-0.25, -0.2) is 0 Å². The van der Waals surface area contributed by atoms with E-state index in [0.29, 0.717) is 6.42 Å². The molecule has 0 radical (unpaired) electrons. The van der Waals surface area contributed by atoms with Gasteiger partial charge in [-0.2, -0.15) is 0 Å². The number of carbonyl (C=O) groups excluding carboxylic acids is 1. The molecule has 1 aliphatic rings. The van der Waals surface area contributed by atoms with Crippen LogP contribution >= 0.6 is 0 Å². The molecule has 0 saturated carbocycles. The van der Waals surface area contributed by atoms with Crippen LogP contribution < -0.4 is 4.90 Å². The van der Waals surface area contributed by atoms with Crippen molar-refractivity contribution in [2.75, 3.05) is 20.1 Å². The number of quaternary nitrogens is 1. The predicted octanol–water partition coefficient (Wildman–Crippen LogP) is 0.840. The maximum absolute atomic E-state index is 11.8. The minimum Gasteiger partial charge on any atom is -0.456 e. The zero-order valence-corrected chi connectivity index (χ0v) is 11.0. The number of carbonyl (C=O) groups is 1. The number of likely N-dealkylation sites (tertiary alicyclic amines) is 1. The molecule has 1 fully saturated rings. The molecule has 1 aromatic carbocycles. The summed E-state index contributed by atoms with van der Waals surface area (Å²) in [6, 6.07) is 10.1. The smallest absolute Gasteiger partial charge is 0.306 e. The van der Waals surface area contributed by atoms with Gasteiger partial charge in [0.25, 0.3) is 0 Å². The monoisotopic (exact) mass is 248 g/mol. The average Bonchev–Trinajstić information content (AvgIpc) is 2.38. The van der Waals surface area contributed by atoms with Gasteiger partial charge < -0.3 is 9.64 Å². The van der Waals surface area contributed by atoms with Crippen molar-refractivity contribution >= 4 is 5.97 Å². The van der Waals surface area contributed by atoms with Crippen molar-refractivity contribution < 1.29 is 14.4 Å². The van der Waals surface area contributed by atoms with Crippen LogP contribution in [-0.4, -0.2) is 32.2 Å². The van der Waals surface area contributed by atoms with Gasteiger partial charge in [0.2, 0.25) is 0 Å². The molecule has 0 bridgehead atoms. The zero-order valence-electron chi connectivity index (χ0n) is 11.0. The molecular weight excluding hydrogens is 226 g/mol. The summed E-state index contributed by atoms with van der Waals surface area (Å²) in [5, 5.41) is 0. The van der Waals surface area contributed by atoms with Crippen molar-refractivity contribution in [1.82, 2.24) is 0 Å². The van der Waals surface area contributed by atoms with Gasteiger partial charge in [-0.1, -0.05) is 30.3 Å². The Balaban J connectivity index is 1.72. The summed E-state index contributed by atoms with van der Waals surface area (Å²) < 4.78 is 5.52. The van der Waals surface area contributed by atoms with E-state index in [4.69, 9.17) is 4.74 Å². The molecule has 0 spiro atoms. The van der Waals surface area contributed by atoms with Crippen molar-refractivity contribution in [3.8, 4) is 0 Å². The lowest BCUT2D eigenvalue weighted by Gasteiger charge is -2.26. The normalized spacial score (nSPS) is 23.6. The second-order valence-electron chi connectivity index (χ2n) is 5.15. The molecule has 3 heteroatoms. The molecule has 98 valence electrons. The summed E-state index contributed by atoms with van der Waals surface area (Å²) in [5.41, 5.74) is 1.20. The number of esters is 1. The number of hydrogen-bond donors (Lipinski definition) is 1. The van der Waals surface area contributed by atoms with Crippen molar-refractivity contribution in [2.45, 2.75) is 31.8 Å². The lowest BCUT2D eigenvalue weighted by molar-refractivity contribution is -0.888. The van der Waals surface area contributed by atoms with Crippen LogP contribution in [0.15, 0.2) is 30.3 Å². The van der Waals surface area contributed by atoms with Crippen LogP contribution in [0.1, 0.15) is 24.8 Å². The number of aryl methyl sites for hydroxylation is 1. The Kier molecular flexibility index (Phi) is 4.76. The Bertz CT molecular complexity index is 377. The van der Waals surface area contributed by atoms with Gasteiger partial charge >= 0.3 is 5.97 Å². The number of ether oxygens (including phenoxy) is 1. The third kappa shape index (κ3) is 4.15. The molecule has 2 atom stereocenters. The minimum atomic E-state index is -0.0569. The van der Waals surface area contributed by atoms with Gasteiger partial charge in [-0.05, 0) is 18.4 Å². The van der Waals surface area contributed by atoms with E-state index < -0.39 is 0 Å². The SMILES string of the molecule is C[NH+]1CCC[C@H](OC(=O)CCc2ccccc2)C1. The first-order chi connectivity index (χ1) is 8.74. The standard InChI is InChI=1S/C15H21NO2/c1-16-11-5-8-14(12-16)18-15(17)10-9-13-6-3-2-4-7-13/h2-4,6-7,14H,5,8-12H2,1H3/p+1/t14-/m0/s1. The van der Waals surface area contributed by atoms with Crippen molar-refractivity contribution in [2.24, 2.45) is 0 Å². The summed E-state index contributed by atoms with van der Waals surface area (Å²) in [7, 11) is 2.16. The molecule has 0 amide bonds. The Morgan fingerprint density at radius 3 is 2.89 bits per heavy atom. The lowest BCUT2D eigenvalue weighted by atomic mass is 10.1. The van der Waals surface area contributed by atoms with E-state index in [1.165, 1.54) is 17.0 Å². The highest BCUT2D eigenvalue weighted by Crippen LogP contribution is 2.07. The van der Waals surface area contributed by atoms with Gasteiger partial charge in [-0.3, -0.25) is 4.79 Å². The summed E-state index contributed by atoms with van der Waals surface area (Å²) in [4.78, 5) is 13.2. The molecule has 1 unspecified atom stereocenters. The van der Waals surface area contributed by atoms with E-state index in [2.05, 4.69) is 7.05 Å². The molecule has 0 aliphatic carbocycles. The van der Waals surface area contributed by atoms with Crippen LogP contribution in [0.4, 0.5) is 0 Å². The zero-order chi connectivity index (χ0) is 12.8. The van der Waals surface area contributed by atoms with E-state index in [-0.39, 0.29) is 12.1 Å². The number of benzene rings is 1. The molecule has 1 N–H and O–H groups in total. The van der Waals surface area contributed by atoms with E-state index >= 15 is 0 Å². The summed E-state index contributed by atoms with van der Waals surface area (Å²) in [6.07, 6.45) is 3.56. The molecule has 1 heterocycles. The molecule has 1 aromatic rings. The Morgan fingerprint density at radius 2 is 2.17 bits per heavy atom. The third-order valence-corrected chi connectivity index (χ3v) is 3.46. The summed E-state index contributed by atoms with van der Waals surface area (Å²) in [6.45, 7) is 2.15. The maximum Gasteiger partial charge on any atom is 0.306 e. The van der Waals surface area contributed by atoms with Crippen LogP contribution in [0.25, 0.3) is 0 Å². The molecular formula is C15H22NO2+. The van der Waals surface area contributed by atoms with Gasteiger partial charge in [-0.15, -0.1) is 0 Å². The number of rotatable bonds is 4. The fourth-order valence-electron chi connectivity index (χ4n) is 2.46. The fourth-order valence-corrected chi connectivity index (χ4v) is 2.46. The second kappa shape index (κ2) is 6.55. The first kappa shape index (κ1) is 13.1. The van der Waals surface area contributed by atoms with E-state index in [9.17, 15) is 4.79 Å². The Morgan fingerprint density at radius 1 is 1.39 bits per heavy atom. The number of piperidine rings is 1. The summed E-state index contributed by atoms with van der Waals surface area (Å²) in [5.74, 6) is -0.0569. The molecule has 1 aliphatic heterocycles. The Labute approximate surface area is 109 Å². The molecule has 1 saturated heterocycles. The van der Waals surface area contributed by atoms with Crippen LogP contribution in [0.2, 0.25) is 0 Å². The van der Waals surface area contributed by atoms with Gasteiger partial charge in [0.15, 0.2) is 6.10 Å². The van der Waals surface area contributed by atoms with Gasteiger partial charge in [0.1, 0.15) is 6.54 Å². The maximum atomic E-state index is 11.8. The fraction of sp³-hybridized carbons (Fsp3) is 0.533. The molecule has 0 aromatic heterocycles. The number of hydrogen-bond acceptors (Lipinski definition) is 2. The van der Waals surface area contributed by atoms with Crippen LogP contribution in [0.3, 0.4) is 0 Å². The first-order valence-corrected chi connectivity index (χ1v) is 6.79. The molecule has 2 rings (SSSR count). The number of nitrogens with one attached hydrogen (secondary N) is 1. The number of likely N-dealkylation sites (N-methyl/N-ethyl adjacent to an activating group) is 1. The Hall–Kier alpha value is -1.35. The molecule has 3 nitrogen and oxygen atoms in total. The van der Waals surface area contributed by atoms with Crippen LogP contribution in [-0.2, 0) is 16.0 Å². The second-order valence-corrected chi connectivity index (χ2v) is 5.15. The highest BCUT2D eigenvalue weighted by molar-refractivity contribution is 5.69. The largest absolute Gasteiger partial charge is 0.456 e. The van der Waals surface area contributed by atoms with Gasteiger partial charge in [0, 0.05) is 12.8 Å². The lowest BCUT2D eigenvalue weighted by Crippen LogP contribution is -3.11. The molecule has 18 heavy (non-hydrogen) atoms. The van der Waals surface area contributed by atoms with Crippen molar-refractivity contribution in [3.63, 3.8) is 0 Å².